The van der Waals surface area contributed by atoms with Gasteiger partial charge in [-0.1, -0.05) is 31.2 Å². The molecule has 0 aliphatic carbocycles. The Labute approximate surface area is 126 Å². The van der Waals surface area contributed by atoms with Crippen LogP contribution in [0.4, 0.5) is 4.39 Å². The molecule has 20 heavy (non-hydrogen) atoms. The van der Waals surface area contributed by atoms with Gasteiger partial charge in [0, 0.05) is 12.1 Å². The first-order chi connectivity index (χ1) is 9.60. The SMILES string of the molecule is CCc1ccc(CNC(=O)c2ccc(Br)c(F)c2)cc1. The van der Waals surface area contributed by atoms with E-state index in [0.29, 0.717) is 16.6 Å². The molecular formula is C16H15BrFNO. The minimum Gasteiger partial charge on any atom is -0.348 e. The molecule has 0 spiro atoms. The lowest BCUT2D eigenvalue weighted by molar-refractivity contribution is 0.0950. The highest BCUT2D eigenvalue weighted by atomic mass is 79.9. The molecule has 104 valence electrons. The molecule has 0 saturated heterocycles. The molecule has 2 aromatic rings. The van der Waals surface area contributed by atoms with Crippen LogP contribution in [0.15, 0.2) is 46.9 Å². The number of benzene rings is 2. The first-order valence-electron chi connectivity index (χ1n) is 6.41. The highest BCUT2D eigenvalue weighted by molar-refractivity contribution is 9.10. The molecule has 0 atom stereocenters. The minimum atomic E-state index is -0.440. The lowest BCUT2D eigenvalue weighted by atomic mass is 10.1. The molecule has 2 aromatic carbocycles. The maximum absolute atomic E-state index is 13.4. The Balaban J connectivity index is 1.98. The zero-order valence-electron chi connectivity index (χ0n) is 11.1. The summed E-state index contributed by atoms with van der Waals surface area (Å²) in [7, 11) is 0. The van der Waals surface area contributed by atoms with E-state index in [-0.39, 0.29) is 5.91 Å². The second-order valence-electron chi connectivity index (χ2n) is 4.48. The Morgan fingerprint density at radius 1 is 1.15 bits per heavy atom. The van der Waals surface area contributed by atoms with E-state index < -0.39 is 5.82 Å². The maximum Gasteiger partial charge on any atom is 0.251 e. The summed E-state index contributed by atoms with van der Waals surface area (Å²) in [5.74, 6) is -0.721. The van der Waals surface area contributed by atoms with Crippen LogP contribution in [0, 0.1) is 5.82 Å². The Bertz CT molecular complexity index is 610. The topological polar surface area (TPSA) is 29.1 Å². The molecule has 0 radical (unpaired) electrons. The van der Waals surface area contributed by atoms with Gasteiger partial charge in [-0.25, -0.2) is 4.39 Å². The first kappa shape index (κ1) is 14.7. The van der Waals surface area contributed by atoms with Gasteiger partial charge in [-0.15, -0.1) is 0 Å². The summed E-state index contributed by atoms with van der Waals surface area (Å²) >= 11 is 3.06. The number of halogens is 2. The second-order valence-corrected chi connectivity index (χ2v) is 5.34. The van der Waals surface area contributed by atoms with Crippen molar-refractivity contribution in [2.75, 3.05) is 0 Å². The van der Waals surface area contributed by atoms with Crippen molar-refractivity contribution in [3.05, 3.63) is 69.4 Å². The summed E-state index contributed by atoms with van der Waals surface area (Å²) in [5.41, 5.74) is 2.60. The fourth-order valence-electron chi connectivity index (χ4n) is 1.81. The van der Waals surface area contributed by atoms with E-state index in [1.165, 1.54) is 17.7 Å². The van der Waals surface area contributed by atoms with E-state index in [1.54, 1.807) is 6.07 Å². The van der Waals surface area contributed by atoms with Gasteiger partial charge >= 0.3 is 0 Å². The standard InChI is InChI=1S/C16H15BrFNO/c1-2-11-3-5-12(6-4-11)10-19-16(20)13-7-8-14(17)15(18)9-13/h3-9H,2,10H2,1H3,(H,19,20). The van der Waals surface area contributed by atoms with Crippen LogP contribution in [-0.4, -0.2) is 5.91 Å². The number of nitrogens with one attached hydrogen (secondary N) is 1. The van der Waals surface area contributed by atoms with Crippen LogP contribution in [0.2, 0.25) is 0 Å². The maximum atomic E-state index is 13.4. The van der Waals surface area contributed by atoms with Gasteiger partial charge < -0.3 is 5.32 Å². The monoisotopic (exact) mass is 335 g/mol. The number of hydrogen-bond donors (Lipinski definition) is 1. The number of carbonyl (C=O) groups excluding carboxylic acids is 1. The van der Waals surface area contributed by atoms with E-state index >= 15 is 0 Å². The number of carbonyl (C=O) groups is 1. The zero-order chi connectivity index (χ0) is 14.5. The van der Waals surface area contributed by atoms with Crippen molar-refractivity contribution in [2.24, 2.45) is 0 Å². The third-order valence-electron chi connectivity index (χ3n) is 3.07. The second kappa shape index (κ2) is 6.66. The van der Waals surface area contributed by atoms with Crippen molar-refractivity contribution >= 4 is 21.8 Å². The van der Waals surface area contributed by atoms with Gasteiger partial charge in [-0.3, -0.25) is 4.79 Å². The molecule has 1 N–H and O–H groups in total. The number of aryl methyl sites for hydroxylation is 1. The van der Waals surface area contributed by atoms with E-state index in [9.17, 15) is 9.18 Å². The van der Waals surface area contributed by atoms with Gasteiger partial charge in [0.25, 0.3) is 5.91 Å². The van der Waals surface area contributed by atoms with Crippen LogP contribution in [-0.2, 0) is 13.0 Å². The van der Waals surface area contributed by atoms with Crippen molar-refractivity contribution in [1.29, 1.82) is 0 Å². The van der Waals surface area contributed by atoms with Gasteiger partial charge in [0.2, 0.25) is 0 Å². The highest BCUT2D eigenvalue weighted by Crippen LogP contribution is 2.16. The fraction of sp³-hybridized carbons (Fsp3) is 0.188. The summed E-state index contributed by atoms with van der Waals surface area (Å²) in [6.45, 7) is 2.53. The smallest absolute Gasteiger partial charge is 0.251 e. The third-order valence-corrected chi connectivity index (χ3v) is 3.71. The molecule has 0 aliphatic heterocycles. The molecule has 2 nitrogen and oxygen atoms in total. The lowest BCUT2D eigenvalue weighted by Crippen LogP contribution is -2.22. The van der Waals surface area contributed by atoms with E-state index in [4.69, 9.17) is 0 Å². The zero-order valence-corrected chi connectivity index (χ0v) is 12.7. The normalized spacial score (nSPS) is 10.3. The summed E-state index contributed by atoms with van der Waals surface area (Å²) in [5, 5.41) is 2.78. The Morgan fingerprint density at radius 3 is 2.40 bits per heavy atom. The third kappa shape index (κ3) is 3.67. The van der Waals surface area contributed by atoms with Gasteiger partial charge in [0.1, 0.15) is 5.82 Å². The van der Waals surface area contributed by atoms with Crippen LogP contribution >= 0.6 is 15.9 Å². The molecule has 2 rings (SSSR count). The van der Waals surface area contributed by atoms with E-state index in [0.717, 1.165) is 12.0 Å². The van der Waals surface area contributed by atoms with Crippen molar-refractivity contribution in [3.8, 4) is 0 Å². The fourth-order valence-corrected chi connectivity index (χ4v) is 2.06. The quantitative estimate of drug-likeness (QED) is 0.896. The van der Waals surface area contributed by atoms with Crippen molar-refractivity contribution in [1.82, 2.24) is 5.32 Å². The molecule has 0 fully saturated rings. The van der Waals surface area contributed by atoms with Gasteiger partial charge in [-0.2, -0.15) is 0 Å². The van der Waals surface area contributed by atoms with Gasteiger partial charge in [-0.05, 0) is 51.7 Å². The summed E-state index contributed by atoms with van der Waals surface area (Å²) in [6.07, 6.45) is 0.991. The molecule has 0 bridgehead atoms. The Kier molecular flexibility index (Phi) is 4.90. The number of hydrogen-bond acceptors (Lipinski definition) is 1. The Hall–Kier alpha value is -1.68. The van der Waals surface area contributed by atoms with Gasteiger partial charge in [0.15, 0.2) is 0 Å². The van der Waals surface area contributed by atoms with Crippen molar-refractivity contribution in [2.45, 2.75) is 19.9 Å². The average Bonchev–Trinajstić information content (AvgIpc) is 2.48. The minimum absolute atomic E-state index is 0.282. The number of rotatable bonds is 4. The van der Waals surface area contributed by atoms with E-state index in [1.807, 2.05) is 24.3 Å². The van der Waals surface area contributed by atoms with Crippen LogP contribution in [0.1, 0.15) is 28.4 Å². The predicted molar refractivity (Wildman–Crippen MR) is 81.1 cm³/mol. The molecule has 0 unspecified atom stereocenters. The first-order valence-corrected chi connectivity index (χ1v) is 7.20. The lowest BCUT2D eigenvalue weighted by Gasteiger charge is -2.07. The molecular weight excluding hydrogens is 321 g/mol. The predicted octanol–water partition coefficient (Wildman–Crippen LogP) is 4.08. The number of amides is 1. The Morgan fingerprint density at radius 2 is 1.80 bits per heavy atom. The molecule has 0 heterocycles. The van der Waals surface area contributed by atoms with Crippen molar-refractivity contribution in [3.63, 3.8) is 0 Å². The molecule has 1 amide bonds. The summed E-state index contributed by atoms with van der Waals surface area (Å²) in [4.78, 5) is 11.9. The molecule has 4 heteroatoms. The molecule has 0 saturated carbocycles. The van der Waals surface area contributed by atoms with Crippen LogP contribution < -0.4 is 5.32 Å². The molecule has 0 aliphatic rings. The average molecular weight is 336 g/mol. The van der Waals surface area contributed by atoms with E-state index in [2.05, 4.69) is 28.2 Å². The summed E-state index contributed by atoms with van der Waals surface area (Å²) < 4.78 is 13.7. The van der Waals surface area contributed by atoms with Crippen LogP contribution in [0.3, 0.4) is 0 Å². The largest absolute Gasteiger partial charge is 0.348 e. The molecule has 0 aromatic heterocycles. The summed E-state index contributed by atoms with van der Waals surface area (Å²) in [6, 6.07) is 12.4. The van der Waals surface area contributed by atoms with Crippen molar-refractivity contribution < 1.29 is 9.18 Å². The van der Waals surface area contributed by atoms with Crippen LogP contribution in [0.25, 0.3) is 0 Å². The van der Waals surface area contributed by atoms with Gasteiger partial charge in [0.05, 0.1) is 4.47 Å². The highest BCUT2D eigenvalue weighted by Gasteiger charge is 2.08. The van der Waals surface area contributed by atoms with Crippen LogP contribution in [0.5, 0.6) is 0 Å².